The molecule has 150 valence electrons. The van der Waals surface area contributed by atoms with Crippen molar-refractivity contribution >= 4 is 43.6 Å². The Morgan fingerprint density at radius 2 is 1.06 bits per heavy atom. The third kappa shape index (κ3) is 2.41. The molecule has 0 fully saturated rings. The lowest BCUT2D eigenvalue weighted by atomic mass is 10.0. The van der Waals surface area contributed by atoms with Gasteiger partial charge in [0, 0.05) is 38.1 Å². The Balaban J connectivity index is 1.55. The van der Waals surface area contributed by atoms with Crippen LogP contribution in [0.2, 0.25) is 0 Å². The van der Waals surface area contributed by atoms with Crippen LogP contribution < -0.4 is 0 Å². The zero-order valence-electron chi connectivity index (χ0n) is 17.4. The molecule has 0 amide bonds. The third-order valence-electron chi connectivity index (χ3n) is 6.54. The third-order valence-corrected chi connectivity index (χ3v) is 6.54. The van der Waals surface area contributed by atoms with Gasteiger partial charge in [0.1, 0.15) is 0 Å². The minimum Gasteiger partial charge on any atom is -0.355 e. The maximum Gasteiger partial charge on any atom is 0.0541 e. The van der Waals surface area contributed by atoms with E-state index in [1.54, 1.807) is 0 Å². The molecule has 0 spiro atoms. The summed E-state index contributed by atoms with van der Waals surface area (Å²) in [5, 5.41) is 5.09. The van der Waals surface area contributed by atoms with Crippen LogP contribution >= 0.6 is 0 Å². The van der Waals surface area contributed by atoms with Crippen molar-refractivity contribution in [3.8, 4) is 16.8 Å². The molecule has 0 bridgehead atoms. The van der Waals surface area contributed by atoms with Gasteiger partial charge in [0.2, 0.25) is 0 Å². The highest BCUT2D eigenvalue weighted by Crippen LogP contribution is 2.37. The Labute approximate surface area is 185 Å². The number of aromatic nitrogens is 2. The van der Waals surface area contributed by atoms with Gasteiger partial charge >= 0.3 is 0 Å². The van der Waals surface area contributed by atoms with Crippen LogP contribution in [0.1, 0.15) is 0 Å². The molecule has 0 saturated heterocycles. The van der Waals surface area contributed by atoms with E-state index >= 15 is 0 Å². The van der Waals surface area contributed by atoms with E-state index in [4.69, 9.17) is 0 Å². The van der Waals surface area contributed by atoms with Crippen molar-refractivity contribution in [1.29, 1.82) is 0 Å². The minimum absolute atomic E-state index is 1.17. The Morgan fingerprint density at radius 1 is 0.469 bits per heavy atom. The molecule has 32 heavy (non-hydrogen) atoms. The van der Waals surface area contributed by atoms with Crippen LogP contribution in [0.25, 0.3) is 60.4 Å². The van der Waals surface area contributed by atoms with Crippen LogP contribution in [0.15, 0.2) is 115 Å². The largest absolute Gasteiger partial charge is 0.355 e. The van der Waals surface area contributed by atoms with Gasteiger partial charge in [0.05, 0.1) is 16.7 Å². The van der Waals surface area contributed by atoms with Gasteiger partial charge in [-0.1, -0.05) is 78.9 Å². The molecule has 0 aliphatic carbocycles. The highest BCUT2D eigenvalue weighted by Gasteiger charge is 2.15. The molecule has 0 aliphatic rings. The monoisotopic (exact) mass is 408 g/mol. The second kappa shape index (κ2) is 6.60. The van der Waals surface area contributed by atoms with Crippen LogP contribution in [0, 0.1) is 0 Å². The Morgan fingerprint density at radius 3 is 1.84 bits per heavy atom. The predicted octanol–water partition coefficient (Wildman–Crippen LogP) is 8.09. The van der Waals surface area contributed by atoms with Crippen molar-refractivity contribution in [1.82, 2.24) is 9.55 Å². The lowest BCUT2D eigenvalue weighted by Gasteiger charge is -2.14. The van der Waals surface area contributed by atoms with Crippen LogP contribution in [-0.2, 0) is 0 Å². The molecule has 0 atom stereocenters. The van der Waals surface area contributed by atoms with Gasteiger partial charge in [-0.05, 0) is 42.0 Å². The fourth-order valence-corrected chi connectivity index (χ4v) is 5.11. The van der Waals surface area contributed by atoms with Crippen LogP contribution in [0.3, 0.4) is 0 Å². The standard InChI is InChI=1S/C30H20N2/c1-5-13-26-22(10-1)25-19-20(17-18-27(25)31-26)21-9-2-6-14-28(21)32-29-15-7-3-11-23(29)24-12-4-8-16-30(24)32/h1-19,31H. The molecule has 7 rings (SSSR count). The summed E-state index contributed by atoms with van der Waals surface area (Å²) in [5.74, 6) is 0. The average Bonchev–Trinajstić information content (AvgIpc) is 3.39. The number of para-hydroxylation sites is 4. The SMILES string of the molecule is c1ccc(-n2c3ccccc3c3ccccc32)c(-c2ccc3[nH]c4ccccc4c3c2)c1. The van der Waals surface area contributed by atoms with Crippen molar-refractivity contribution in [3.63, 3.8) is 0 Å². The van der Waals surface area contributed by atoms with E-state index in [-0.39, 0.29) is 0 Å². The minimum atomic E-state index is 1.17. The Hall–Kier alpha value is -4.30. The zero-order chi connectivity index (χ0) is 21.1. The van der Waals surface area contributed by atoms with E-state index in [0.717, 1.165) is 0 Å². The van der Waals surface area contributed by atoms with E-state index in [1.807, 2.05) is 0 Å². The van der Waals surface area contributed by atoms with Crippen molar-refractivity contribution in [3.05, 3.63) is 115 Å². The summed E-state index contributed by atoms with van der Waals surface area (Å²) in [4.78, 5) is 3.54. The lowest BCUT2D eigenvalue weighted by molar-refractivity contribution is 1.18. The average molecular weight is 409 g/mol. The summed E-state index contributed by atoms with van der Waals surface area (Å²) in [6.07, 6.45) is 0. The summed E-state index contributed by atoms with van der Waals surface area (Å²) in [7, 11) is 0. The van der Waals surface area contributed by atoms with Gasteiger partial charge < -0.3 is 9.55 Å². The number of nitrogens with zero attached hydrogens (tertiary/aromatic N) is 1. The fraction of sp³-hybridized carbons (Fsp3) is 0. The maximum atomic E-state index is 3.54. The molecule has 2 nitrogen and oxygen atoms in total. The molecule has 2 heteroatoms. The van der Waals surface area contributed by atoms with E-state index in [9.17, 15) is 0 Å². The molecule has 0 aliphatic heterocycles. The first kappa shape index (κ1) is 17.4. The summed E-state index contributed by atoms with van der Waals surface area (Å²) >= 11 is 0. The van der Waals surface area contributed by atoms with Crippen LogP contribution in [0.4, 0.5) is 0 Å². The molecule has 0 radical (unpaired) electrons. The summed E-state index contributed by atoms with van der Waals surface area (Å²) in [6, 6.07) is 41.3. The number of H-pyrrole nitrogens is 1. The Kier molecular flexibility index (Phi) is 3.58. The van der Waals surface area contributed by atoms with E-state index in [0.29, 0.717) is 0 Å². The molecule has 0 unspecified atom stereocenters. The Bertz CT molecular complexity index is 1730. The topological polar surface area (TPSA) is 20.7 Å². The van der Waals surface area contributed by atoms with Gasteiger partial charge in [-0.25, -0.2) is 0 Å². The molecule has 5 aromatic carbocycles. The zero-order valence-corrected chi connectivity index (χ0v) is 17.4. The normalized spacial score (nSPS) is 11.8. The number of rotatable bonds is 2. The lowest BCUT2D eigenvalue weighted by Crippen LogP contribution is -1.96. The summed E-state index contributed by atoms with van der Waals surface area (Å²) < 4.78 is 2.40. The first-order chi connectivity index (χ1) is 15.9. The highest BCUT2D eigenvalue weighted by molar-refractivity contribution is 6.11. The van der Waals surface area contributed by atoms with Crippen molar-refractivity contribution in [2.45, 2.75) is 0 Å². The van der Waals surface area contributed by atoms with Crippen molar-refractivity contribution in [2.24, 2.45) is 0 Å². The molecule has 0 saturated carbocycles. The molecule has 2 aromatic heterocycles. The molecule has 2 heterocycles. The summed E-state index contributed by atoms with van der Waals surface area (Å²) in [5.41, 5.74) is 8.46. The molecule has 1 N–H and O–H groups in total. The smallest absolute Gasteiger partial charge is 0.0541 e. The van der Waals surface area contributed by atoms with Crippen molar-refractivity contribution < 1.29 is 0 Å². The highest BCUT2D eigenvalue weighted by atomic mass is 15.0. The van der Waals surface area contributed by atoms with E-state index < -0.39 is 0 Å². The first-order valence-electron chi connectivity index (χ1n) is 11.0. The van der Waals surface area contributed by atoms with Gasteiger partial charge in [0.25, 0.3) is 0 Å². The second-order valence-corrected chi connectivity index (χ2v) is 8.32. The van der Waals surface area contributed by atoms with E-state index in [2.05, 4.69) is 125 Å². The van der Waals surface area contributed by atoms with Gasteiger partial charge in [-0.15, -0.1) is 0 Å². The summed E-state index contributed by atoms with van der Waals surface area (Å²) in [6.45, 7) is 0. The number of nitrogens with one attached hydrogen (secondary N) is 1. The maximum absolute atomic E-state index is 3.54. The predicted molar refractivity (Wildman–Crippen MR) is 136 cm³/mol. The number of aromatic amines is 1. The van der Waals surface area contributed by atoms with Gasteiger partial charge in [-0.3, -0.25) is 0 Å². The van der Waals surface area contributed by atoms with E-state index in [1.165, 1.54) is 60.4 Å². The molecular formula is C30H20N2. The second-order valence-electron chi connectivity index (χ2n) is 8.32. The fourth-order valence-electron chi connectivity index (χ4n) is 5.11. The van der Waals surface area contributed by atoms with Gasteiger partial charge in [-0.2, -0.15) is 0 Å². The first-order valence-corrected chi connectivity index (χ1v) is 11.0. The quantitative estimate of drug-likeness (QED) is 0.298. The van der Waals surface area contributed by atoms with Crippen LogP contribution in [-0.4, -0.2) is 9.55 Å². The number of benzene rings is 5. The van der Waals surface area contributed by atoms with Gasteiger partial charge in [0.15, 0.2) is 0 Å². The molecule has 7 aromatic rings. The number of fused-ring (bicyclic) bond motifs is 6. The number of hydrogen-bond donors (Lipinski definition) is 1. The van der Waals surface area contributed by atoms with Crippen LogP contribution in [0.5, 0.6) is 0 Å². The number of hydrogen-bond acceptors (Lipinski definition) is 0. The van der Waals surface area contributed by atoms with Crippen molar-refractivity contribution in [2.75, 3.05) is 0 Å². The molecular weight excluding hydrogens is 388 g/mol.